The normalized spacial score (nSPS) is 22.0. The van der Waals surface area contributed by atoms with Gasteiger partial charge in [0.25, 0.3) is 0 Å². The number of ether oxygens (including phenoxy) is 1. The Kier molecular flexibility index (Phi) is 4.63. The minimum absolute atomic E-state index is 0.0536. The van der Waals surface area contributed by atoms with Gasteiger partial charge in [0.05, 0.1) is 5.60 Å². The number of nitrogens with one attached hydrogen (secondary N) is 1. The van der Waals surface area contributed by atoms with E-state index in [2.05, 4.69) is 31.2 Å². The lowest BCUT2D eigenvalue weighted by molar-refractivity contribution is -0.136. The van der Waals surface area contributed by atoms with Gasteiger partial charge in [-0.1, -0.05) is 6.07 Å². The SMILES string of the molecule is Cc1cnc(NCC[C@H]2CCOC23CN(Cc2cccnc2)C3)nc1. The molecule has 0 amide bonds. The van der Waals surface area contributed by atoms with Gasteiger partial charge in [-0.05, 0) is 42.9 Å². The van der Waals surface area contributed by atoms with Crippen molar-refractivity contribution in [2.45, 2.75) is 31.9 Å². The minimum atomic E-state index is 0.0536. The zero-order valence-corrected chi connectivity index (χ0v) is 14.7. The topological polar surface area (TPSA) is 63.2 Å². The van der Waals surface area contributed by atoms with Crippen molar-refractivity contribution in [1.29, 1.82) is 0 Å². The van der Waals surface area contributed by atoms with Gasteiger partial charge in [0.15, 0.2) is 0 Å². The summed E-state index contributed by atoms with van der Waals surface area (Å²) in [7, 11) is 0. The third kappa shape index (κ3) is 3.65. The average Bonchev–Trinajstić information content (AvgIpc) is 3.01. The van der Waals surface area contributed by atoms with Gasteiger partial charge in [-0.2, -0.15) is 0 Å². The maximum absolute atomic E-state index is 6.16. The molecule has 4 rings (SSSR count). The second-order valence-electron chi connectivity index (χ2n) is 7.20. The molecule has 25 heavy (non-hydrogen) atoms. The molecule has 0 aliphatic carbocycles. The Hall–Kier alpha value is -2.05. The van der Waals surface area contributed by atoms with Crippen molar-refractivity contribution in [2.75, 3.05) is 31.6 Å². The molecule has 6 heteroatoms. The summed E-state index contributed by atoms with van der Waals surface area (Å²) in [5.41, 5.74) is 2.40. The predicted octanol–water partition coefficient (Wildman–Crippen LogP) is 2.27. The van der Waals surface area contributed by atoms with Crippen molar-refractivity contribution in [1.82, 2.24) is 19.9 Å². The lowest BCUT2D eigenvalue weighted by atomic mass is 9.79. The van der Waals surface area contributed by atoms with E-state index in [4.69, 9.17) is 4.74 Å². The molecule has 1 spiro atoms. The molecule has 2 aliphatic heterocycles. The Bertz CT molecular complexity index is 685. The fourth-order valence-corrected chi connectivity index (χ4v) is 3.96. The second-order valence-corrected chi connectivity index (χ2v) is 7.20. The molecule has 0 aromatic carbocycles. The number of nitrogens with zero attached hydrogens (tertiary/aromatic N) is 4. The molecule has 1 N–H and O–H groups in total. The number of hydrogen-bond acceptors (Lipinski definition) is 6. The Morgan fingerprint density at radius 1 is 1.28 bits per heavy atom. The summed E-state index contributed by atoms with van der Waals surface area (Å²) >= 11 is 0. The molecule has 0 radical (unpaired) electrons. The lowest BCUT2D eigenvalue weighted by Gasteiger charge is -2.50. The van der Waals surface area contributed by atoms with Gasteiger partial charge < -0.3 is 10.1 Å². The maximum atomic E-state index is 6.16. The van der Waals surface area contributed by atoms with Gasteiger partial charge in [-0.15, -0.1) is 0 Å². The van der Waals surface area contributed by atoms with Gasteiger partial charge in [-0.25, -0.2) is 9.97 Å². The van der Waals surface area contributed by atoms with E-state index >= 15 is 0 Å². The Morgan fingerprint density at radius 2 is 2.12 bits per heavy atom. The molecule has 132 valence electrons. The van der Waals surface area contributed by atoms with Gasteiger partial charge in [0.2, 0.25) is 5.95 Å². The van der Waals surface area contributed by atoms with Crippen molar-refractivity contribution in [3.05, 3.63) is 48.0 Å². The van der Waals surface area contributed by atoms with Crippen molar-refractivity contribution in [2.24, 2.45) is 5.92 Å². The van der Waals surface area contributed by atoms with Crippen LogP contribution >= 0.6 is 0 Å². The molecule has 2 fully saturated rings. The van der Waals surface area contributed by atoms with Crippen LogP contribution in [0.1, 0.15) is 24.0 Å². The highest BCUT2D eigenvalue weighted by Crippen LogP contribution is 2.42. The van der Waals surface area contributed by atoms with Gasteiger partial charge >= 0.3 is 0 Å². The lowest BCUT2D eigenvalue weighted by Crippen LogP contribution is -2.64. The van der Waals surface area contributed by atoms with E-state index in [-0.39, 0.29) is 5.60 Å². The highest BCUT2D eigenvalue weighted by Gasteiger charge is 2.52. The molecule has 2 aromatic heterocycles. The molecule has 4 heterocycles. The molecule has 0 unspecified atom stereocenters. The molecular weight excluding hydrogens is 314 g/mol. The Balaban J connectivity index is 1.26. The van der Waals surface area contributed by atoms with Crippen molar-refractivity contribution >= 4 is 5.95 Å². The third-order valence-corrected chi connectivity index (χ3v) is 5.27. The van der Waals surface area contributed by atoms with Crippen molar-refractivity contribution in [3.63, 3.8) is 0 Å². The first-order valence-electron chi connectivity index (χ1n) is 9.01. The quantitative estimate of drug-likeness (QED) is 0.871. The molecule has 0 bridgehead atoms. The number of anilines is 1. The van der Waals surface area contributed by atoms with Gasteiger partial charge in [-0.3, -0.25) is 9.88 Å². The highest BCUT2D eigenvalue weighted by atomic mass is 16.5. The van der Waals surface area contributed by atoms with Crippen LogP contribution in [-0.2, 0) is 11.3 Å². The molecule has 1 atom stereocenters. The fraction of sp³-hybridized carbons (Fsp3) is 0.526. The molecule has 2 aromatic rings. The molecule has 2 saturated heterocycles. The van der Waals surface area contributed by atoms with Crippen molar-refractivity contribution in [3.8, 4) is 0 Å². The van der Waals surface area contributed by atoms with E-state index < -0.39 is 0 Å². The molecule has 2 aliphatic rings. The van der Waals surface area contributed by atoms with Crippen LogP contribution in [0.2, 0.25) is 0 Å². The minimum Gasteiger partial charge on any atom is -0.372 e. The van der Waals surface area contributed by atoms with E-state index in [1.54, 1.807) is 0 Å². The number of rotatable bonds is 6. The smallest absolute Gasteiger partial charge is 0.222 e. The number of aromatic nitrogens is 3. The van der Waals surface area contributed by atoms with Crippen LogP contribution in [0, 0.1) is 12.8 Å². The monoisotopic (exact) mass is 339 g/mol. The van der Waals surface area contributed by atoms with E-state index in [1.165, 1.54) is 5.56 Å². The summed E-state index contributed by atoms with van der Waals surface area (Å²) in [5.74, 6) is 1.32. The average molecular weight is 339 g/mol. The van der Waals surface area contributed by atoms with Gasteiger partial charge in [0.1, 0.15) is 0 Å². The van der Waals surface area contributed by atoms with Crippen LogP contribution in [-0.4, -0.2) is 51.7 Å². The number of pyridine rings is 1. The molecule has 6 nitrogen and oxygen atoms in total. The molecule has 0 saturated carbocycles. The zero-order valence-electron chi connectivity index (χ0n) is 14.7. The Morgan fingerprint density at radius 3 is 2.88 bits per heavy atom. The summed E-state index contributed by atoms with van der Waals surface area (Å²) in [6.07, 6.45) is 9.70. The number of aryl methyl sites for hydroxylation is 1. The summed E-state index contributed by atoms with van der Waals surface area (Å²) in [5, 5.41) is 3.34. The summed E-state index contributed by atoms with van der Waals surface area (Å²) < 4.78 is 6.16. The van der Waals surface area contributed by atoms with E-state index in [0.717, 1.165) is 51.2 Å². The standard InChI is InChI=1S/C19H25N5O/c1-15-9-22-18(23-10-15)21-7-4-17-5-8-25-19(17)13-24(14-19)12-16-3-2-6-20-11-16/h2-3,6,9-11,17H,4-5,7-8,12-14H2,1H3,(H,21,22,23)/t17-/m0/s1. The van der Waals surface area contributed by atoms with Gasteiger partial charge in [0, 0.05) is 57.6 Å². The van der Waals surface area contributed by atoms with E-state index in [0.29, 0.717) is 11.9 Å². The number of hydrogen-bond donors (Lipinski definition) is 1. The maximum Gasteiger partial charge on any atom is 0.222 e. The van der Waals surface area contributed by atoms with Crippen LogP contribution in [0.4, 0.5) is 5.95 Å². The summed E-state index contributed by atoms with van der Waals surface area (Å²) in [6.45, 7) is 6.77. The van der Waals surface area contributed by atoms with Crippen LogP contribution in [0.15, 0.2) is 36.9 Å². The van der Waals surface area contributed by atoms with Crippen LogP contribution in [0.25, 0.3) is 0 Å². The summed E-state index contributed by atoms with van der Waals surface area (Å²) in [4.78, 5) is 15.3. The first-order valence-corrected chi connectivity index (χ1v) is 9.01. The first kappa shape index (κ1) is 16.4. The van der Waals surface area contributed by atoms with Crippen LogP contribution in [0.3, 0.4) is 0 Å². The first-order chi connectivity index (χ1) is 12.2. The Labute approximate surface area is 148 Å². The van der Waals surface area contributed by atoms with Crippen molar-refractivity contribution < 1.29 is 4.74 Å². The summed E-state index contributed by atoms with van der Waals surface area (Å²) in [6, 6.07) is 4.13. The second kappa shape index (κ2) is 7.06. The number of likely N-dealkylation sites (tertiary alicyclic amines) is 1. The largest absolute Gasteiger partial charge is 0.372 e. The highest BCUT2D eigenvalue weighted by molar-refractivity contribution is 5.24. The third-order valence-electron chi connectivity index (χ3n) is 5.27. The fourth-order valence-electron chi connectivity index (χ4n) is 3.96. The predicted molar refractivity (Wildman–Crippen MR) is 96.2 cm³/mol. The zero-order chi connectivity index (χ0) is 17.1. The molecular formula is C19H25N5O. The van der Waals surface area contributed by atoms with Crippen LogP contribution < -0.4 is 5.32 Å². The van der Waals surface area contributed by atoms with E-state index in [1.807, 2.05) is 37.8 Å². The van der Waals surface area contributed by atoms with E-state index in [9.17, 15) is 0 Å². The van der Waals surface area contributed by atoms with Crippen LogP contribution in [0.5, 0.6) is 0 Å².